The first kappa shape index (κ1) is 16.4. The summed E-state index contributed by atoms with van der Waals surface area (Å²) in [6, 6.07) is 0. The van der Waals surface area contributed by atoms with E-state index in [0.717, 1.165) is 5.56 Å². The second-order valence-electron chi connectivity index (χ2n) is 7.20. The van der Waals surface area contributed by atoms with Crippen LogP contribution in [0.4, 0.5) is 0 Å². The van der Waals surface area contributed by atoms with Gasteiger partial charge in [0, 0.05) is 19.7 Å². The van der Waals surface area contributed by atoms with Gasteiger partial charge in [-0.05, 0) is 32.8 Å². The van der Waals surface area contributed by atoms with E-state index in [0.29, 0.717) is 12.2 Å². The third kappa shape index (κ3) is 3.08. The van der Waals surface area contributed by atoms with Crippen LogP contribution in [0.5, 0.6) is 0 Å². The van der Waals surface area contributed by atoms with E-state index >= 15 is 0 Å². The average molecular weight is 330 g/mol. The van der Waals surface area contributed by atoms with Crippen molar-refractivity contribution in [3.63, 3.8) is 0 Å². The summed E-state index contributed by atoms with van der Waals surface area (Å²) in [6.07, 6.45) is 5.82. The van der Waals surface area contributed by atoms with Crippen molar-refractivity contribution >= 4 is 11.8 Å². The smallest absolute Gasteiger partial charge is 0.233 e. The van der Waals surface area contributed by atoms with E-state index in [9.17, 15) is 9.59 Å². The summed E-state index contributed by atoms with van der Waals surface area (Å²) in [6.45, 7) is 6.18. The largest absolute Gasteiger partial charge is 0.276 e. The molecule has 0 spiro atoms. The summed E-state index contributed by atoms with van der Waals surface area (Å²) in [5.74, 6) is -0.0106. The highest BCUT2D eigenvalue weighted by molar-refractivity contribution is 6.03. The van der Waals surface area contributed by atoms with Crippen molar-refractivity contribution in [2.75, 3.05) is 0 Å². The lowest BCUT2D eigenvalue weighted by Crippen LogP contribution is -2.34. The standard InChI is InChI=1S/C16H22N6O2/c1-16(2,3)22-13(17-10-19-22)9-21-14(23)6-12(15(21)24)5-11-7-18-20(4)8-11/h7-8,10,12H,5-6,9H2,1-4H3. The number of aryl methyl sites for hydroxylation is 1. The highest BCUT2D eigenvalue weighted by atomic mass is 16.2. The maximum atomic E-state index is 12.6. The van der Waals surface area contributed by atoms with Crippen LogP contribution in [0.3, 0.4) is 0 Å². The molecule has 1 saturated heterocycles. The maximum absolute atomic E-state index is 12.6. The second-order valence-corrected chi connectivity index (χ2v) is 7.20. The van der Waals surface area contributed by atoms with E-state index in [4.69, 9.17) is 0 Å². The Morgan fingerprint density at radius 3 is 2.62 bits per heavy atom. The van der Waals surface area contributed by atoms with Gasteiger partial charge in [-0.15, -0.1) is 0 Å². The number of carbonyl (C=O) groups excluding carboxylic acids is 2. The zero-order valence-electron chi connectivity index (χ0n) is 14.4. The number of likely N-dealkylation sites (tertiary alicyclic amines) is 1. The molecule has 0 N–H and O–H groups in total. The topological polar surface area (TPSA) is 85.9 Å². The van der Waals surface area contributed by atoms with Gasteiger partial charge in [-0.25, -0.2) is 9.67 Å². The molecule has 1 unspecified atom stereocenters. The normalized spacial score (nSPS) is 18.7. The van der Waals surface area contributed by atoms with Gasteiger partial charge in [-0.3, -0.25) is 19.2 Å². The molecule has 0 saturated carbocycles. The van der Waals surface area contributed by atoms with Crippen molar-refractivity contribution in [3.05, 3.63) is 30.1 Å². The molecular weight excluding hydrogens is 308 g/mol. The summed E-state index contributed by atoms with van der Waals surface area (Å²) < 4.78 is 3.45. The number of imide groups is 1. The molecule has 8 heteroatoms. The fourth-order valence-corrected chi connectivity index (χ4v) is 3.01. The third-order valence-corrected chi connectivity index (χ3v) is 4.13. The zero-order chi connectivity index (χ0) is 17.5. The molecule has 0 aliphatic carbocycles. The fourth-order valence-electron chi connectivity index (χ4n) is 3.01. The number of hydrogen-bond donors (Lipinski definition) is 0. The Bertz CT molecular complexity index is 770. The van der Waals surface area contributed by atoms with Crippen LogP contribution < -0.4 is 0 Å². The zero-order valence-corrected chi connectivity index (χ0v) is 14.4. The maximum Gasteiger partial charge on any atom is 0.233 e. The first-order valence-corrected chi connectivity index (χ1v) is 7.97. The Morgan fingerprint density at radius 2 is 2.00 bits per heavy atom. The number of nitrogens with zero attached hydrogens (tertiary/aromatic N) is 6. The van der Waals surface area contributed by atoms with E-state index in [1.807, 2.05) is 34.0 Å². The van der Waals surface area contributed by atoms with E-state index in [2.05, 4.69) is 15.2 Å². The van der Waals surface area contributed by atoms with Crippen molar-refractivity contribution in [1.82, 2.24) is 29.4 Å². The van der Waals surface area contributed by atoms with Crippen molar-refractivity contribution in [2.45, 2.75) is 45.7 Å². The van der Waals surface area contributed by atoms with Gasteiger partial charge in [0.05, 0.1) is 24.2 Å². The summed E-state index contributed by atoms with van der Waals surface area (Å²) >= 11 is 0. The van der Waals surface area contributed by atoms with Crippen molar-refractivity contribution < 1.29 is 9.59 Å². The minimum absolute atomic E-state index is 0.146. The lowest BCUT2D eigenvalue weighted by molar-refractivity contribution is -0.140. The molecule has 1 atom stereocenters. The van der Waals surface area contributed by atoms with Gasteiger partial charge >= 0.3 is 0 Å². The molecule has 1 aliphatic rings. The molecule has 3 rings (SSSR count). The Morgan fingerprint density at radius 1 is 1.25 bits per heavy atom. The fraction of sp³-hybridized carbons (Fsp3) is 0.562. The van der Waals surface area contributed by atoms with Gasteiger partial charge in [-0.1, -0.05) is 0 Å². The lowest BCUT2D eigenvalue weighted by Gasteiger charge is -2.23. The minimum atomic E-state index is -0.326. The Hall–Kier alpha value is -2.51. The van der Waals surface area contributed by atoms with Crippen LogP contribution in [0.1, 0.15) is 38.6 Å². The van der Waals surface area contributed by atoms with Crippen molar-refractivity contribution in [1.29, 1.82) is 0 Å². The molecule has 0 radical (unpaired) electrons. The van der Waals surface area contributed by atoms with E-state index in [1.54, 1.807) is 15.6 Å². The van der Waals surface area contributed by atoms with Crippen LogP contribution in [0.2, 0.25) is 0 Å². The SMILES string of the molecule is Cn1cc(CC2CC(=O)N(Cc3ncnn3C(C)(C)C)C2=O)cn1. The monoisotopic (exact) mass is 330 g/mol. The predicted octanol–water partition coefficient (Wildman–Crippen LogP) is 0.884. The quantitative estimate of drug-likeness (QED) is 0.777. The molecule has 1 fully saturated rings. The van der Waals surface area contributed by atoms with E-state index in [-0.39, 0.29) is 36.2 Å². The minimum Gasteiger partial charge on any atom is -0.276 e. The van der Waals surface area contributed by atoms with Crippen LogP contribution in [0.15, 0.2) is 18.7 Å². The van der Waals surface area contributed by atoms with Gasteiger partial charge in [-0.2, -0.15) is 10.2 Å². The molecule has 1 aliphatic heterocycles. The van der Waals surface area contributed by atoms with Crippen molar-refractivity contribution in [2.24, 2.45) is 13.0 Å². The summed E-state index contributed by atoms with van der Waals surface area (Å²) in [5, 5.41) is 8.32. The number of hydrogen-bond acceptors (Lipinski definition) is 5. The number of aromatic nitrogens is 5. The summed E-state index contributed by atoms with van der Waals surface area (Å²) in [4.78, 5) is 30.5. The lowest BCUT2D eigenvalue weighted by atomic mass is 10.0. The Balaban J connectivity index is 1.74. The van der Waals surface area contributed by atoms with Crippen LogP contribution in [0.25, 0.3) is 0 Å². The Labute approximate surface area is 140 Å². The van der Waals surface area contributed by atoms with Crippen LogP contribution in [-0.2, 0) is 35.1 Å². The summed E-state index contributed by atoms with van der Waals surface area (Å²) in [7, 11) is 1.83. The first-order chi connectivity index (χ1) is 11.3. The molecule has 128 valence electrons. The highest BCUT2D eigenvalue weighted by Crippen LogP contribution is 2.25. The van der Waals surface area contributed by atoms with Gasteiger partial charge in [0.25, 0.3) is 0 Å². The molecular formula is C16H22N6O2. The van der Waals surface area contributed by atoms with E-state index in [1.165, 1.54) is 11.2 Å². The molecule has 0 bridgehead atoms. The van der Waals surface area contributed by atoms with Crippen LogP contribution in [-0.4, -0.2) is 41.3 Å². The average Bonchev–Trinajstić information content (AvgIpc) is 3.16. The van der Waals surface area contributed by atoms with Gasteiger partial charge < -0.3 is 0 Å². The molecule has 2 aromatic heterocycles. The van der Waals surface area contributed by atoms with Crippen LogP contribution >= 0.6 is 0 Å². The molecule has 3 heterocycles. The number of rotatable bonds is 4. The van der Waals surface area contributed by atoms with Crippen LogP contribution in [0, 0.1) is 5.92 Å². The Kier molecular flexibility index (Phi) is 3.98. The number of amides is 2. The van der Waals surface area contributed by atoms with Gasteiger partial charge in [0.15, 0.2) is 0 Å². The third-order valence-electron chi connectivity index (χ3n) is 4.13. The van der Waals surface area contributed by atoms with Gasteiger partial charge in [0.1, 0.15) is 12.2 Å². The van der Waals surface area contributed by atoms with Crippen molar-refractivity contribution in [3.8, 4) is 0 Å². The second kappa shape index (κ2) is 5.85. The predicted molar refractivity (Wildman–Crippen MR) is 85.6 cm³/mol. The molecule has 2 aromatic rings. The first-order valence-electron chi connectivity index (χ1n) is 7.97. The molecule has 2 amide bonds. The highest BCUT2D eigenvalue weighted by Gasteiger charge is 2.39. The van der Waals surface area contributed by atoms with E-state index < -0.39 is 0 Å². The molecule has 24 heavy (non-hydrogen) atoms. The number of carbonyl (C=O) groups is 2. The molecule has 0 aromatic carbocycles. The van der Waals surface area contributed by atoms with Gasteiger partial charge in [0.2, 0.25) is 11.8 Å². The molecule has 8 nitrogen and oxygen atoms in total. The summed E-state index contributed by atoms with van der Waals surface area (Å²) in [5.41, 5.74) is 0.704.